The van der Waals surface area contributed by atoms with Crippen LogP contribution in [0.4, 0.5) is 14.5 Å². The molecule has 1 aromatic heterocycles. The number of anilines is 1. The van der Waals surface area contributed by atoms with Crippen LogP contribution in [0, 0.1) is 23.0 Å². The van der Waals surface area contributed by atoms with E-state index in [2.05, 4.69) is 10.3 Å². The maximum atomic E-state index is 14.6. The predicted octanol–water partition coefficient (Wildman–Crippen LogP) is 3.03. The largest absolute Gasteiger partial charge is 0.383 e. The molecular weight excluding hydrogens is 378 g/mol. The summed E-state index contributed by atoms with van der Waals surface area (Å²) < 4.78 is 29.6. The van der Waals surface area contributed by atoms with Crippen LogP contribution < -0.4 is 5.32 Å². The number of benzene rings is 2. The maximum Gasteiger partial charge on any atom is 0.129 e. The molecule has 0 bridgehead atoms. The van der Waals surface area contributed by atoms with Gasteiger partial charge in [0.15, 0.2) is 0 Å². The number of aliphatic hydroxyl groups is 2. The van der Waals surface area contributed by atoms with Crippen LogP contribution >= 0.6 is 0 Å². The Morgan fingerprint density at radius 2 is 2.14 bits per heavy atom. The van der Waals surface area contributed by atoms with Crippen LogP contribution in [0.25, 0.3) is 0 Å². The summed E-state index contributed by atoms with van der Waals surface area (Å²) >= 11 is 0. The Hall–Kier alpha value is -3.28. The van der Waals surface area contributed by atoms with E-state index in [-0.39, 0.29) is 18.4 Å². The molecule has 1 aliphatic heterocycles. The lowest BCUT2D eigenvalue weighted by molar-refractivity contribution is -0.00891. The van der Waals surface area contributed by atoms with Crippen molar-refractivity contribution in [2.24, 2.45) is 0 Å². The molecule has 148 valence electrons. The van der Waals surface area contributed by atoms with Gasteiger partial charge < -0.3 is 20.1 Å². The maximum absolute atomic E-state index is 14.6. The monoisotopic (exact) mass is 396 g/mol. The van der Waals surface area contributed by atoms with Crippen LogP contribution in [0.15, 0.2) is 55.0 Å². The van der Waals surface area contributed by atoms with Gasteiger partial charge in [-0.2, -0.15) is 5.26 Å². The smallest absolute Gasteiger partial charge is 0.129 e. The van der Waals surface area contributed by atoms with E-state index < -0.39 is 29.5 Å². The van der Waals surface area contributed by atoms with Crippen LogP contribution in [-0.4, -0.2) is 26.0 Å². The SMILES string of the molecule is N#Cc1ccc([C@H]2C[C@](O)(CC(O)Nc3cccc(F)c3)c3cncn32)c(F)c1. The zero-order valence-corrected chi connectivity index (χ0v) is 15.3. The van der Waals surface area contributed by atoms with Crippen molar-refractivity contribution in [3.05, 3.63) is 83.4 Å². The number of halogens is 2. The normalized spacial score (nSPS) is 21.4. The number of aliphatic hydroxyl groups excluding tert-OH is 1. The lowest BCUT2D eigenvalue weighted by Crippen LogP contribution is -2.32. The van der Waals surface area contributed by atoms with Crippen molar-refractivity contribution in [1.82, 2.24) is 9.55 Å². The Balaban J connectivity index is 1.58. The summed E-state index contributed by atoms with van der Waals surface area (Å²) in [6.07, 6.45) is 1.83. The molecule has 29 heavy (non-hydrogen) atoms. The van der Waals surface area contributed by atoms with E-state index >= 15 is 0 Å². The average Bonchev–Trinajstić information content (AvgIpc) is 3.25. The minimum atomic E-state index is -1.47. The standard InChI is InChI=1S/C21H18F2N4O2/c22-14-2-1-3-15(7-14)26-20(28)9-21(29)8-18(27-12-25-11-19(21)27)16-5-4-13(10-24)6-17(16)23/h1-7,11-12,18,20,26,28-29H,8-9H2/t18-,20?,21+/m1/s1. The number of imidazole rings is 1. The first kappa shape index (κ1) is 19.1. The third kappa shape index (κ3) is 3.58. The number of nitrogens with zero attached hydrogens (tertiary/aromatic N) is 3. The molecule has 0 amide bonds. The van der Waals surface area contributed by atoms with Gasteiger partial charge in [0.1, 0.15) is 23.5 Å². The molecule has 0 radical (unpaired) electrons. The molecule has 3 atom stereocenters. The summed E-state index contributed by atoms with van der Waals surface area (Å²) in [5.41, 5.74) is -0.109. The van der Waals surface area contributed by atoms with Gasteiger partial charge in [-0.3, -0.25) is 0 Å². The molecule has 8 heteroatoms. The van der Waals surface area contributed by atoms with Crippen LogP contribution in [0.1, 0.15) is 35.7 Å². The number of hydrogen-bond donors (Lipinski definition) is 3. The first-order valence-corrected chi connectivity index (χ1v) is 9.04. The van der Waals surface area contributed by atoms with E-state index in [9.17, 15) is 19.0 Å². The first-order chi connectivity index (χ1) is 13.9. The number of nitrogens with one attached hydrogen (secondary N) is 1. The van der Waals surface area contributed by atoms with Gasteiger partial charge in [-0.25, -0.2) is 13.8 Å². The molecule has 0 aliphatic carbocycles. The fourth-order valence-corrected chi connectivity index (χ4v) is 3.89. The van der Waals surface area contributed by atoms with Gasteiger partial charge in [-0.15, -0.1) is 0 Å². The van der Waals surface area contributed by atoms with Crippen molar-refractivity contribution in [1.29, 1.82) is 5.26 Å². The summed E-state index contributed by atoms with van der Waals surface area (Å²) in [6.45, 7) is 0. The lowest BCUT2D eigenvalue weighted by atomic mass is 9.89. The highest BCUT2D eigenvalue weighted by Crippen LogP contribution is 2.45. The second-order valence-corrected chi connectivity index (χ2v) is 7.16. The molecule has 1 aliphatic rings. The molecule has 0 saturated carbocycles. The van der Waals surface area contributed by atoms with Crippen LogP contribution in [0.3, 0.4) is 0 Å². The fourth-order valence-electron chi connectivity index (χ4n) is 3.89. The molecule has 4 rings (SSSR count). The van der Waals surface area contributed by atoms with Gasteiger partial charge in [0.2, 0.25) is 0 Å². The summed E-state index contributed by atoms with van der Waals surface area (Å²) in [5, 5.41) is 33.4. The topological polar surface area (TPSA) is 94.1 Å². The summed E-state index contributed by atoms with van der Waals surface area (Å²) in [6, 6.07) is 11.2. The first-order valence-electron chi connectivity index (χ1n) is 9.04. The summed E-state index contributed by atoms with van der Waals surface area (Å²) in [5.74, 6) is -0.993. The van der Waals surface area contributed by atoms with E-state index in [1.54, 1.807) is 10.6 Å². The van der Waals surface area contributed by atoms with Crippen LogP contribution in [0.2, 0.25) is 0 Å². The zero-order chi connectivity index (χ0) is 20.6. The summed E-state index contributed by atoms with van der Waals surface area (Å²) in [4.78, 5) is 4.06. The van der Waals surface area contributed by atoms with Crippen molar-refractivity contribution in [3.8, 4) is 6.07 Å². The highest BCUT2D eigenvalue weighted by atomic mass is 19.1. The van der Waals surface area contributed by atoms with Crippen molar-refractivity contribution >= 4 is 5.69 Å². The van der Waals surface area contributed by atoms with Gasteiger partial charge in [0.25, 0.3) is 0 Å². The van der Waals surface area contributed by atoms with Crippen LogP contribution in [-0.2, 0) is 5.60 Å². The highest BCUT2D eigenvalue weighted by molar-refractivity contribution is 5.43. The molecule has 2 aromatic carbocycles. The second-order valence-electron chi connectivity index (χ2n) is 7.16. The molecule has 0 saturated heterocycles. The van der Waals surface area contributed by atoms with Crippen molar-refractivity contribution < 1.29 is 19.0 Å². The van der Waals surface area contributed by atoms with Gasteiger partial charge in [0, 0.05) is 24.1 Å². The Morgan fingerprint density at radius 3 is 2.86 bits per heavy atom. The van der Waals surface area contributed by atoms with Gasteiger partial charge in [-0.05, 0) is 30.3 Å². The van der Waals surface area contributed by atoms with Crippen molar-refractivity contribution in [3.63, 3.8) is 0 Å². The van der Waals surface area contributed by atoms with E-state index in [0.717, 1.165) is 6.07 Å². The fraction of sp³-hybridized carbons (Fsp3) is 0.238. The van der Waals surface area contributed by atoms with Gasteiger partial charge >= 0.3 is 0 Å². The minimum Gasteiger partial charge on any atom is -0.383 e. The molecule has 3 aromatic rings. The van der Waals surface area contributed by atoms with Gasteiger partial charge in [-0.1, -0.05) is 12.1 Å². The van der Waals surface area contributed by atoms with Crippen LogP contribution in [0.5, 0.6) is 0 Å². The van der Waals surface area contributed by atoms with E-state index in [0.29, 0.717) is 16.9 Å². The van der Waals surface area contributed by atoms with Gasteiger partial charge in [0.05, 0.1) is 35.9 Å². The quantitative estimate of drug-likeness (QED) is 0.577. The second kappa shape index (κ2) is 7.28. The van der Waals surface area contributed by atoms with E-state index in [1.807, 2.05) is 6.07 Å². The third-order valence-electron chi connectivity index (χ3n) is 5.19. The highest BCUT2D eigenvalue weighted by Gasteiger charge is 2.45. The predicted molar refractivity (Wildman–Crippen MR) is 101 cm³/mol. The molecule has 2 heterocycles. The molecular formula is C21H18F2N4O2. The number of aromatic nitrogens is 2. The number of nitriles is 1. The Kier molecular flexibility index (Phi) is 4.78. The van der Waals surface area contributed by atoms with E-state index in [1.165, 1.54) is 42.9 Å². The molecule has 3 N–H and O–H groups in total. The molecule has 0 fully saturated rings. The number of hydrogen-bond acceptors (Lipinski definition) is 5. The lowest BCUT2D eigenvalue weighted by Gasteiger charge is -2.26. The zero-order valence-electron chi connectivity index (χ0n) is 15.3. The number of rotatable bonds is 5. The summed E-state index contributed by atoms with van der Waals surface area (Å²) in [7, 11) is 0. The Labute approximate surface area is 165 Å². The van der Waals surface area contributed by atoms with Crippen molar-refractivity contribution in [2.75, 3.05) is 5.32 Å². The average molecular weight is 396 g/mol. The molecule has 0 spiro atoms. The molecule has 6 nitrogen and oxygen atoms in total. The van der Waals surface area contributed by atoms with E-state index in [4.69, 9.17) is 5.26 Å². The Bertz CT molecular complexity index is 1090. The number of fused-ring (bicyclic) bond motifs is 1. The third-order valence-corrected chi connectivity index (χ3v) is 5.19. The minimum absolute atomic E-state index is 0.108. The Morgan fingerprint density at radius 1 is 1.31 bits per heavy atom. The van der Waals surface area contributed by atoms with Crippen molar-refractivity contribution in [2.45, 2.75) is 30.7 Å². The molecule has 1 unspecified atom stereocenters.